The Hall–Kier alpha value is -0.940. The average Bonchev–Trinajstić information content (AvgIpc) is 3.16. The maximum absolute atomic E-state index is 12.9. The van der Waals surface area contributed by atoms with Gasteiger partial charge in [0.1, 0.15) is 4.88 Å². The highest BCUT2D eigenvalue weighted by Gasteiger charge is 2.30. The molecule has 0 bridgehead atoms. The van der Waals surface area contributed by atoms with Crippen molar-refractivity contribution < 1.29 is 4.79 Å². The summed E-state index contributed by atoms with van der Waals surface area (Å²) in [6.07, 6.45) is 7.26. The molecule has 1 aromatic rings. The van der Waals surface area contributed by atoms with Gasteiger partial charge in [0.2, 0.25) is 0 Å². The number of aromatic nitrogens is 1. The predicted molar refractivity (Wildman–Crippen MR) is 90.3 cm³/mol. The van der Waals surface area contributed by atoms with Gasteiger partial charge in [0.15, 0.2) is 0 Å². The van der Waals surface area contributed by atoms with E-state index in [1.807, 2.05) is 11.8 Å². The molecular weight excluding hydrogens is 294 g/mol. The Labute approximate surface area is 137 Å². The predicted octanol–water partition coefficient (Wildman–Crippen LogP) is 3.31. The van der Waals surface area contributed by atoms with E-state index in [0.29, 0.717) is 11.8 Å². The number of hydrogen-bond donors (Lipinski definition) is 1. The molecule has 0 unspecified atom stereocenters. The van der Waals surface area contributed by atoms with Crippen molar-refractivity contribution in [2.45, 2.75) is 64.3 Å². The molecular formula is C17H27N3OS. The Morgan fingerprint density at radius 1 is 1.32 bits per heavy atom. The SMILES string of the molecule is Cc1nc(C2CCCC2)sc1C(=O)N1CCC[C@H]([C@@H](C)N)C1. The van der Waals surface area contributed by atoms with Gasteiger partial charge in [0, 0.05) is 25.0 Å². The fourth-order valence-electron chi connectivity index (χ4n) is 3.73. The standard InChI is InChI=1S/C17H27N3OS/c1-11(18)14-8-5-9-20(10-14)17(21)15-12(2)19-16(22-15)13-6-3-4-7-13/h11,13-14H,3-10,18H2,1-2H3/t11-,14+/m1/s1. The highest BCUT2D eigenvalue weighted by molar-refractivity contribution is 7.13. The first kappa shape index (κ1) is 15.9. The van der Waals surface area contributed by atoms with Gasteiger partial charge < -0.3 is 10.6 Å². The third kappa shape index (κ3) is 3.20. The second-order valence-corrected chi connectivity index (χ2v) is 7.99. The lowest BCUT2D eigenvalue weighted by Gasteiger charge is -2.34. The van der Waals surface area contributed by atoms with Gasteiger partial charge in [-0.05, 0) is 45.4 Å². The van der Waals surface area contributed by atoms with Gasteiger partial charge in [-0.15, -0.1) is 11.3 Å². The van der Waals surface area contributed by atoms with Crippen molar-refractivity contribution in [2.24, 2.45) is 11.7 Å². The summed E-state index contributed by atoms with van der Waals surface area (Å²) in [4.78, 5) is 20.4. The number of nitrogens with two attached hydrogens (primary N) is 1. The molecule has 4 nitrogen and oxygen atoms in total. The van der Waals surface area contributed by atoms with Gasteiger partial charge in [0.05, 0.1) is 10.7 Å². The minimum atomic E-state index is 0.159. The second kappa shape index (κ2) is 6.67. The maximum atomic E-state index is 12.9. The molecule has 1 aromatic heterocycles. The van der Waals surface area contributed by atoms with E-state index in [1.165, 1.54) is 30.7 Å². The monoisotopic (exact) mass is 321 g/mol. The number of piperidine rings is 1. The van der Waals surface area contributed by atoms with Crippen molar-refractivity contribution in [3.8, 4) is 0 Å². The van der Waals surface area contributed by atoms with E-state index in [-0.39, 0.29) is 11.9 Å². The van der Waals surface area contributed by atoms with Crippen LogP contribution in [0.2, 0.25) is 0 Å². The molecule has 1 aliphatic carbocycles. The van der Waals surface area contributed by atoms with Crippen molar-refractivity contribution >= 4 is 17.2 Å². The normalized spacial score (nSPS) is 24.7. The van der Waals surface area contributed by atoms with Gasteiger partial charge in [0.25, 0.3) is 5.91 Å². The van der Waals surface area contributed by atoms with Crippen LogP contribution in [0.3, 0.4) is 0 Å². The van der Waals surface area contributed by atoms with Crippen molar-refractivity contribution in [3.05, 3.63) is 15.6 Å². The van der Waals surface area contributed by atoms with E-state index in [4.69, 9.17) is 10.7 Å². The molecule has 0 spiro atoms. The summed E-state index contributed by atoms with van der Waals surface area (Å²) in [6.45, 7) is 5.69. The number of likely N-dealkylation sites (tertiary alicyclic amines) is 1. The van der Waals surface area contributed by atoms with E-state index in [9.17, 15) is 4.79 Å². The smallest absolute Gasteiger partial charge is 0.265 e. The quantitative estimate of drug-likeness (QED) is 0.929. The highest BCUT2D eigenvalue weighted by atomic mass is 32.1. The molecule has 2 aliphatic rings. The number of hydrogen-bond acceptors (Lipinski definition) is 4. The Bertz CT molecular complexity index is 534. The van der Waals surface area contributed by atoms with Crippen LogP contribution in [0.25, 0.3) is 0 Å². The number of amides is 1. The lowest BCUT2D eigenvalue weighted by atomic mass is 9.92. The molecule has 2 heterocycles. The van der Waals surface area contributed by atoms with Crippen molar-refractivity contribution in [2.75, 3.05) is 13.1 Å². The fourth-order valence-corrected chi connectivity index (χ4v) is 4.93. The number of rotatable bonds is 3. The number of carbonyl (C=O) groups is 1. The molecule has 2 fully saturated rings. The number of aryl methyl sites for hydroxylation is 1. The van der Waals surface area contributed by atoms with E-state index < -0.39 is 0 Å². The van der Waals surface area contributed by atoms with Crippen LogP contribution in [-0.2, 0) is 0 Å². The van der Waals surface area contributed by atoms with Crippen LogP contribution < -0.4 is 5.73 Å². The van der Waals surface area contributed by atoms with Gasteiger partial charge in [-0.1, -0.05) is 12.8 Å². The van der Waals surface area contributed by atoms with Gasteiger partial charge in [-0.2, -0.15) is 0 Å². The molecule has 1 amide bonds. The molecule has 5 heteroatoms. The van der Waals surface area contributed by atoms with Gasteiger partial charge >= 0.3 is 0 Å². The van der Waals surface area contributed by atoms with Crippen LogP contribution in [-0.4, -0.2) is 34.9 Å². The zero-order valence-corrected chi connectivity index (χ0v) is 14.5. The molecule has 22 heavy (non-hydrogen) atoms. The first-order valence-corrected chi connectivity index (χ1v) is 9.40. The Kier molecular flexibility index (Phi) is 4.83. The lowest BCUT2D eigenvalue weighted by Crippen LogP contribution is -2.45. The minimum absolute atomic E-state index is 0.159. The third-order valence-corrected chi connectivity index (χ3v) is 6.51. The molecule has 1 aliphatic heterocycles. The minimum Gasteiger partial charge on any atom is -0.338 e. The first-order chi connectivity index (χ1) is 10.6. The van der Waals surface area contributed by atoms with Crippen LogP contribution in [0.4, 0.5) is 0 Å². The van der Waals surface area contributed by atoms with Crippen LogP contribution in [0.5, 0.6) is 0 Å². The van der Waals surface area contributed by atoms with Crippen molar-refractivity contribution in [1.29, 1.82) is 0 Å². The average molecular weight is 321 g/mol. The Morgan fingerprint density at radius 2 is 2.05 bits per heavy atom. The van der Waals surface area contributed by atoms with Crippen LogP contribution in [0.1, 0.15) is 71.7 Å². The molecule has 122 valence electrons. The van der Waals surface area contributed by atoms with Crippen LogP contribution >= 0.6 is 11.3 Å². The van der Waals surface area contributed by atoms with E-state index >= 15 is 0 Å². The number of carbonyl (C=O) groups excluding carboxylic acids is 1. The summed E-state index contributed by atoms with van der Waals surface area (Å²) in [5, 5.41) is 1.18. The topological polar surface area (TPSA) is 59.2 Å². The fraction of sp³-hybridized carbons (Fsp3) is 0.765. The number of nitrogens with zero attached hydrogens (tertiary/aromatic N) is 2. The molecule has 1 saturated heterocycles. The molecule has 0 radical (unpaired) electrons. The van der Waals surface area contributed by atoms with Crippen LogP contribution in [0, 0.1) is 12.8 Å². The van der Waals surface area contributed by atoms with Crippen LogP contribution in [0.15, 0.2) is 0 Å². The summed E-state index contributed by atoms with van der Waals surface area (Å²) in [5.74, 6) is 1.19. The largest absolute Gasteiger partial charge is 0.338 e. The zero-order valence-electron chi connectivity index (χ0n) is 13.7. The highest BCUT2D eigenvalue weighted by Crippen LogP contribution is 2.37. The first-order valence-electron chi connectivity index (χ1n) is 8.58. The van der Waals surface area contributed by atoms with E-state index in [0.717, 1.165) is 36.5 Å². The van der Waals surface area contributed by atoms with Crippen molar-refractivity contribution in [3.63, 3.8) is 0 Å². The molecule has 1 saturated carbocycles. The Balaban J connectivity index is 1.74. The van der Waals surface area contributed by atoms with E-state index in [2.05, 4.69) is 6.92 Å². The summed E-state index contributed by atoms with van der Waals surface area (Å²) >= 11 is 1.63. The van der Waals surface area contributed by atoms with Crippen molar-refractivity contribution in [1.82, 2.24) is 9.88 Å². The van der Waals surface area contributed by atoms with E-state index in [1.54, 1.807) is 11.3 Å². The Morgan fingerprint density at radius 3 is 2.73 bits per heavy atom. The molecule has 0 aromatic carbocycles. The second-order valence-electron chi connectivity index (χ2n) is 6.96. The maximum Gasteiger partial charge on any atom is 0.265 e. The summed E-state index contributed by atoms with van der Waals surface area (Å²) in [6, 6.07) is 0.159. The number of thiazole rings is 1. The summed E-state index contributed by atoms with van der Waals surface area (Å²) in [5.41, 5.74) is 6.95. The van der Waals surface area contributed by atoms with Gasteiger partial charge in [-0.25, -0.2) is 4.98 Å². The molecule has 3 rings (SSSR count). The lowest BCUT2D eigenvalue weighted by molar-refractivity contribution is 0.0665. The zero-order chi connectivity index (χ0) is 15.7. The summed E-state index contributed by atoms with van der Waals surface area (Å²) < 4.78 is 0. The third-order valence-electron chi connectivity index (χ3n) is 5.20. The van der Waals surface area contributed by atoms with Gasteiger partial charge in [-0.3, -0.25) is 4.79 Å². The summed E-state index contributed by atoms with van der Waals surface area (Å²) in [7, 11) is 0. The molecule has 2 N–H and O–H groups in total. The molecule has 2 atom stereocenters.